The van der Waals surface area contributed by atoms with Crippen LogP contribution in [0.3, 0.4) is 0 Å². The van der Waals surface area contributed by atoms with Crippen LogP contribution in [-0.4, -0.2) is 60.1 Å². The molecule has 0 bridgehead atoms. The first-order valence-corrected chi connectivity index (χ1v) is 6.57. The number of aromatic nitrogens is 2. The van der Waals surface area contributed by atoms with E-state index in [2.05, 4.69) is 5.10 Å². The van der Waals surface area contributed by atoms with Gasteiger partial charge < -0.3 is 14.4 Å². The molecule has 1 saturated heterocycles. The third-order valence-electron chi connectivity index (χ3n) is 3.09. The Kier molecular flexibility index (Phi) is 4.55. The van der Waals surface area contributed by atoms with Crippen molar-refractivity contribution >= 4 is 5.91 Å². The lowest BCUT2D eigenvalue weighted by molar-refractivity contribution is -0.0933. The number of rotatable bonds is 4. The van der Waals surface area contributed by atoms with Gasteiger partial charge in [-0.2, -0.15) is 5.10 Å². The van der Waals surface area contributed by atoms with Gasteiger partial charge in [0, 0.05) is 25.8 Å². The minimum Gasteiger partial charge on any atom is -0.376 e. The maximum absolute atomic E-state index is 12.2. The average molecular weight is 267 g/mol. The Morgan fingerprint density at radius 2 is 2.37 bits per heavy atom. The minimum atomic E-state index is -0.0407. The number of nitrogens with zero attached hydrogens (tertiary/aromatic N) is 3. The molecule has 2 heterocycles. The lowest BCUT2D eigenvalue weighted by Gasteiger charge is -2.27. The molecule has 0 saturated carbocycles. The van der Waals surface area contributed by atoms with Gasteiger partial charge in [-0.25, -0.2) is 0 Å². The average Bonchev–Trinajstić information content (AvgIpc) is 2.88. The van der Waals surface area contributed by atoms with Crippen molar-refractivity contribution in [1.29, 1.82) is 0 Å². The lowest BCUT2D eigenvalue weighted by atomic mass is 10.2. The molecule has 6 nitrogen and oxygen atoms in total. The second-order valence-corrected chi connectivity index (χ2v) is 5.06. The fourth-order valence-corrected chi connectivity index (χ4v) is 1.98. The molecule has 19 heavy (non-hydrogen) atoms. The van der Waals surface area contributed by atoms with Gasteiger partial charge in [-0.1, -0.05) is 0 Å². The Hall–Kier alpha value is -1.40. The molecule has 1 amide bonds. The third-order valence-corrected chi connectivity index (χ3v) is 3.09. The van der Waals surface area contributed by atoms with Crippen molar-refractivity contribution in [2.45, 2.75) is 26.0 Å². The summed E-state index contributed by atoms with van der Waals surface area (Å²) in [6.07, 6.45) is 3.35. The highest BCUT2D eigenvalue weighted by Gasteiger charge is 2.21. The molecule has 6 heteroatoms. The molecule has 1 aromatic rings. The van der Waals surface area contributed by atoms with E-state index in [1.165, 1.54) is 0 Å². The van der Waals surface area contributed by atoms with E-state index in [0.717, 1.165) is 0 Å². The van der Waals surface area contributed by atoms with Crippen LogP contribution >= 0.6 is 0 Å². The van der Waals surface area contributed by atoms with Gasteiger partial charge in [-0.15, -0.1) is 0 Å². The van der Waals surface area contributed by atoms with E-state index >= 15 is 0 Å². The summed E-state index contributed by atoms with van der Waals surface area (Å²) in [7, 11) is 1.77. The van der Waals surface area contributed by atoms with E-state index in [-0.39, 0.29) is 18.1 Å². The van der Waals surface area contributed by atoms with Crippen LogP contribution < -0.4 is 0 Å². The molecule has 1 aliphatic rings. The van der Waals surface area contributed by atoms with Crippen LogP contribution in [0.15, 0.2) is 12.4 Å². The number of carbonyl (C=O) groups is 1. The van der Waals surface area contributed by atoms with Gasteiger partial charge in [0.15, 0.2) is 0 Å². The summed E-state index contributed by atoms with van der Waals surface area (Å²) in [5, 5.41) is 4.18. The second kappa shape index (κ2) is 6.16. The lowest BCUT2D eigenvalue weighted by Crippen LogP contribution is -2.40. The van der Waals surface area contributed by atoms with Gasteiger partial charge in [0.2, 0.25) is 0 Å². The van der Waals surface area contributed by atoms with Gasteiger partial charge in [0.05, 0.1) is 37.7 Å². The van der Waals surface area contributed by atoms with Gasteiger partial charge in [0.25, 0.3) is 5.91 Å². The van der Waals surface area contributed by atoms with Crippen LogP contribution in [0.4, 0.5) is 0 Å². The zero-order valence-electron chi connectivity index (χ0n) is 11.7. The largest absolute Gasteiger partial charge is 0.376 e. The molecule has 2 rings (SSSR count). The fourth-order valence-electron chi connectivity index (χ4n) is 1.98. The Labute approximate surface area is 113 Å². The standard InChI is InChI=1S/C13H21N3O3/c1-10(2)16-7-11(6-14-16)13(17)15(3)8-12-9-18-4-5-19-12/h6-7,10,12H,4-5,8-9H2,1-3H3/t12-/m0/s1. The van der Waals surface area contributed by atoms with Crippen molar-refractivity contribution in [2.75, 3.05) is 33.4 Å². The maximum atomic E-state index is 12.2. The van der Waals surface area contributed by atoms with Crippen LogP contribution in [0.5, 0.6) is 0 Å². The number of hydrogen-bond donors (Lipinski definition) is 0. The number of hydrogen-bond acceptors (Lipinski definition) is 4. The predicted octanol–water partition coefficient (Wildman–Crippen LogP) is 0.951. The summed E-state index contributed by atoms with van der Waals surface area (Å²) in [6, 6.07) is 0.252. The SMILES string of the molecule is CC(C)n1cc(C(=O)N(C)C[C@H]2COCCO2)cn1. The van der Waals surface area contributed by atoms with Crippen LogP contribution in [0.1, 0.15) is 30.2 Å². The molecule has 1 aromatic heterocycles. The first kappa shape index (κ1) is 14.0. The van der Waals surface area contributed by atoms with E-state index in [1.54, 1.807) is 29.0 Å². The highest BCUT2D eigenvalue weighted by Crippen LogP contribution is 2.09. The molecule has 0 spiro atoms. The fraction of sp³-hybridized carbons (Fsp3) is 0.692. The predicted molar refractivity (Wildman–Crippen MR) is 70.1 cm³/mol. The van der Waals surface area contributed by atoms with E-state index in [1.807, 2.05) is 13.8 Å². The Morgan fingerprint density at radius 3 is 2.95 bits per heavy atom. The molecule has 0 aromatic carbocycles. The normalized spacial score (nSPS) is 19.7. The van der Waals surface area contributed by atoms with Gasteiger partial charge in [-0.05, 0) is 13.8 Å². The summed E-state index contributed by atoms with van der Waals surface area (Å²) < 4.78 is 12.6. The molecule has 0 N–H and O–H groups in total. The topological polar surface area (TPSA) is 56.6 Å². The Morgan fingerprint density at radius 1 is 1.58 bits per heavy atom. The second-order valence-electron chi connectivity index (χ2n) is 5.06. The molecule has 1 aliphatic heterocycles. The smallest absolute Gasteiger partial charge is 0.256 e. The molecular formula is C13H21N3O3. The van der Waals surface area contributed by atoms with Crippen LogP contribution in [-0.2, 0) is 9.47 Å². The number of ether oxygens (including phenoxy) is 2. The van der Waals surface area contributed by atoms with Crippen molar-refractivity contribution in [1.82, 2.24) is 14.7 Å². The summed E-state index contributed by atoms with van der Waals surface area (Å²) >= 11 is 0. The molecule has 1 atom stereocenters. The molecule has 106 valence electrons. The van der Waals surface area contributed by atoms with Gasteiger partial charge in [0.1, 0.15) is 0 Å². The van der Waals surface area contributed by atoms with Crippen molar-refractivity contribution in [2.24, 2.45) is 0 Å². The number of carbonyl (C=O) groups excluding carboxylic acids is 1. The van der Waals surface area contributed by atoms with Crippen molar-refractivity contribution in [3.8, 4) is 0 Å². The van der Waals surface area contributed by atoms with Crippen LogP contribution in [0, 0.1) is 0 Å². The summed E-state index contributed by atoms with van der Waals surface area (Å²) in [5.74, 6) is -0.0407. The van der Waals surface area contributed by atoms with Crippen LogP contribution in [0.2, 0.25) is 0 Å². The molecule has 0 aliphatic carbocycles. The molecule has 0 radical (unpaired) electrons. The summed E-state index contributed by atoms with van der Waals surface area (Å²) in [4.78, 5) is 13.9. The van der Waals surface area contributed by atoms with E-state index < -0.39 is 0 Å². The van der Waals surface area contributed by atoms with Gasteiger partial charge >= 0.3 is 0 Å². The van der Waals surface area contributed by atoms with E-state index in [4.69, 9.17) is 9.47 Å². The van der Waals surface area contributed by atoms with E-state index in [0.29, 0.717) is 31.9 Å². The van der Waals surface area contributed by atoms with E-state index in [9.17, 15) is 4.79 Å². The summed E-state index contributed by atoms with van der Waals surface area (Å²) in [6.45, 7) is 6.36. The molecular weight excluding hydrogens is 246 g/mol. The van der Waals surface area contributed by atoms with Crippen molar-refractivity contribution in [3.05, 3.63) is 18.0 Å². The minimum absolute atomic E-state index is 0.0390. The maximum Gasteiger partial charge on any atom is 0.256 e. The third kappa shape index (κ3) is 3.54. The monoisotopic (exact) mass is 267 g/mol. The Bertz CT molecular complexity index is 425. The van der Waals surface area contributed by atoms with Gasteiger partial charge in [-0.3, -0.25) is 9.48 Å². The number of likely N-dealkylation sites (N-methyl/N-ethyl adjacent to an activating group) is 1. The molecule has 0 unspecified atom stereocenters. The zero-order chi connectivity index (χ0) is 13.8. The van der Waals surface area contributed by atoms with Crippen LogP contribution in [0.25, 0.3) is 0 Å². The van der Waals surface area contributed by atoms with Crippen molar-refractivity contribution in [3.63, 3.8) is 0 Å². The number of amides is 1. The Balaban J connectivity index is 1.93. The first-order chi connectivity index (χ1) is 9.08. The summed E-state index contributed by atoms with van der Waals surface area (Å²) in [5.41, 5.74) is 0.605. The highest BCUT2D eigenvalue weighted by molar-refractivity contribution is 5.93. The highest BCUT2D eigenvalue weighted by atomic mass is 16.6. The van der Waals surface area contributed by atoms with Crippen molar-refractivity contribution < 1.29 is 14.3 Å². The molecule has 1 fully saturated rings. The zero-order valence-corrected chi connectivity index (χ0v) is 11.7. The quantitative estimate of drug-likeness (QED) is 0.815. The first-order valence-electron chi connectivity index (χ1n) is 6.57.